The highest BCUT2D eigenvalue weighted by Crippen LogP contribution is 2.22. The lowest BCUT2D eigenvalue weighted by Crippen LogP contribution is -2.17. The zero-order valence-electron chi connectivity index (χ0n) is 12.4. The van der Waals surface area contributed by atoms with E-state index >= 15 is 0 Å². The number of esters is 1. The Labute approximate surface area is 125 Å². The number of hydrogen-bond acceptors (Lipinski definition) is 4. The summed E-state index contributed by atoms with van der Waals surface area (Å²) in [5.74, 6) is -0.384. The Kier molecular flexibility index (Phi) is 4.82. The summed E-state index contributed by atoms with van der Waals surface area (Å²) >= 11 is 0. The highest BCUT2D eigenvalue weighted by molar-refractivity contribution is 5.96. The van der Waals surface area contributed by atoms with Crippen molar-refractivity contribution in [2.24, 2.45) is 0 Å². The number of hydrogen-bond donors (Lipinski definition) is 1. The third-order valence-corrected chi connectivity index (χ3v) is 3.24. The summed E-state index contributed by atoms with van der Waals surface area (Å²) in [6.45, 7) is 2.87. The fraction of sp³-hybridized carbons (Fsp3) is 0.235. The summed E-state index contributed by atoms with van der Waals surface area (Å²) in [5, 5.41) is 0. The summed E-state index contributed by atoms with van der Waals surface area (Å²) in [6, 6.07) is 15.6. The fourth-order valence-corrected chi connectivity index (χ4v) is 2.12. The zero-order valence-corrected chi connectivity index (χ0v) is 12.4. The first-order chi connectivity index (χ1) is 10.1. The first-order valence-corrected chi connectivity index (χ1v) is 6.93. The van der Waals surface area contributed by atoms with Crippen LogP contribution in [-0.4, -0.2) is 19.6 Å². The molecule has 2 aromatic rings. The van der Waals surface area contributed by atoms with Crippen LogP contribution in [0.1, 0.15) is 22.8 Å². The van der Waals surface area contributed by atoms with Gasteiger partial charge in [0.15, 0.2) is 0 Å². The van der Waals surface area contributed by atoms with E-state index in [0.717, 1.165) is 12.2 Å². The molecule has 0 amide bonds. The van der Waals surface area contributed by atoms with E-state index in [4.69, 9.17) is 10.5 Å². The van der Waals surface area contributed by atoms with Gasteiger partial charge in [-0.25, -0.2) is 4.79 Å². The molecule has 0 saturated carbocycles. The molecule has 0 aromatic heterocycles. The van der Waals surface area contributed by atoms with Crippen LogP contribution in [-0.2, 0) is 11.3 Å². The highest BCUT2D eigenvalue weighted by Gasteiger charge is 2.13. The van der Waals surface area contributed by atoms with Gasteiger partial charge in [-0.15, -0.1) is 0 Å². The van der Waals surface area contributed by atoms with Crippen molar-refractivity contribution in [3.8, 4) is 0 Å². The van der Waals surface area contributed by atoms with E-state index in [1.54, 1.807) is 19.1 Å². The van der Waals surface area contributed by atoms with Gasteiger partial charge in [-0.2, -0.15) is 0 Å². The molecule has 0 saturated heterocycles. The van der Waals surface area contributed by atoms with Crippen molar-refractivity contribution in [3.63, 3.8) is 0 Å². The number of benzene rings is 2. The van der Waals surface area contributed by atoms with Crippen LogP contribution in [0.3, 0.4) is 0 Å². The van der Waals surface area contributed by atoms with Gasteiger partial charge >= 0.3 is 5.97 Å². The number of carbonyl (C=O) groups excluding carboxylic acids is 1. The molecule has 0 fully saturated rings. The average molecular weight is 284 g/mol. The SMILES string of the molecule is CCOC(=O)c1cc(N(C)Cc2ccccc2)ccc1N. The number of nitrogens with two attached hydrogens (primary N) is 1. The predicted octanol–water partition coefficient (Wildman–Crippen LogP) is 3.08. The third kappa shape index (κ3) is 3.75. The van der Waals surface area contributed by atoms with E-state index in [-0.39, 0.29) is 5.97 Å². The van der Waals surface area contributed by atoms with Crippen molar-refractivity contribution < 1.29 is 9.53 Å². The van der Waals surface area contributed by atoms with Crippen LogP contribution in [0, 0.1) is 0 Å². The molecule has 0 radical (unpaired) electrons. The van der Waals surface area contributed by atoms with Gasteiger partial charge in [-0.1, -0.05) is 30.3 Å². The average Bonchev–Trinajstić information content (AvgIpc) is 2.48. The van der Waals surface area contributed by atoms with Crippen molar-refractivity contribution in [3.05, 3.63) is 59.7 Å². The van der Waals surface area contributed by atoms with Crippen LogP contribution in [0.25, 0.3) is 0 Å². The van der Waals surface area contributed by atoms with Gasteiger partial charge in [-0.05, 0) is 30.7 Å². The lowest BCUT2D eigenvalue weighted by Gasteiger charge is -2.20. The number of nitrogen functional groups attached to an aromatic ring is 1. The number of anilines is 2. The minimum Gasteiger partial charge on any atom is -0.462 e. The van der Waals surface area contributed by atoms with Crippen molar-refractivity contribution in [1.82, 2.24) is 0 Å². The molecule has 0 atom stereocenters. The van der Waals surface area contributed by atoms with Crippen LogP contribution >= 0.6 is 0 Å². The maximum Gasteiger partial charge on any atom is 0.340 e. The van der Waals surface area contributed by atoms with Gasteiger partial charge in [0.1, 0.15) is 0 Å². The summed E-state index contributed by atoms with van der Waals surface area (Å²) in [5.41, 5.74) is 8.83. The summed E-state index contributed by atoms with van der Waals surface area (Å²) < 4.78 is 5.02. The highest BCUT2D eigenvalue weighted by atomic mass is 16.5. The first kappa shape index (κ1) is 14.9. The molecule has 0 unspecified atom stereocenters. The molecule has 0 aliphatic rings. The van der Waals surface area contributed by atoms with Crippen molar-refractivity contribution in [1.29, 1.82) is 0 Å². The fourth-order valence-electron chi connectivity index (χ4n) is 2.12. The lowest BCUT2D eigenvalue weighted by atomic mass is 10.1. The second-order valence-electron chi connectivity index (χ2n) is 4.83. The van der Waals surface area contributed by atoms with Crippen LogP contribution in [0.15, 0.2) is 48.5 Å². The maximum atomic E-state index is 11.9. The molecule has 2 aromatic carbocycles. The van der Waals surface area contributed by atoms with Crippen molar-refractivity contribution in [2.45, 2.75) is 13.5 Å². The van der Waals surface area contributed by atoms with Crippen LogP contribution < -0.4 is 10.6 Å². The maximum absolute atomic E-state index is 11.9. The van der Waals surface area contributed by atoms with Gasteiger partial charge in [-0.3, -0.25) is 0 Å². The quantitative estimate of drug-likeness (QED) is 0.677. The van der Waals surface area contributed by atoms with Crippen LogP contribution in [0.5, 0.6) is 0 Å². The molecule has 0 heterocycles. The van der Waals surface area contributed by atoms with Crippen molar-refractivity contribution in [2.75, 3.05) is 24.3 Å². The molecular weight excluding hydrogens is 264 g/mol. The molecule has 4 nitrogen and oxygen atoms in total. The Hall–Kier alpha value is -2.49. The number of carbonyl (C=O) groups is 1. The van der Waals surface area contributed by atoms with Gasteiger partial charge in [0.25, 0.3) is 0 Å². The van der Waals surface area contributed by atoms with Crippen LogP contribution in [0.4, 0.5) is 11.4 Å². The monoisotopic (exact) mass is 284 g/mol. The third-order valence-electron chi connectivity index (χ3n) is 3.24. The Morgan fingerprint density at radius 3 is 2.57 bits per heavy atom. The number of nitrogens with zero attached hydrogens (tertiary/aromatic N) is 1. The van der Waals surface area contributed by atoms with Gasteiger partial charge in [0.05, 0.1) is 12.2 Å². The summed E-state index contributed by atoms with van der Waals surface area (Å²) in [4.78, 5) is 13.9. The smallest absolute Gasteiger partial charge is 0.340 e. The normalized spacial score (nSPS) is 10.2. The minimum atomic E-state index is -0.384. The second-order valence-corrected chi connectivity index (χ2v) is 4.83. The van der Waals surface area contributed by atoms with Gasteiger partial charge in [0, 0.05) is 25.0 Å². The number of ether oxygens (including phenoxy) is 1. The Balaban J connectivity index is 2.20. The zero-order chi connectivity index (χ0) is 15.2. The molecule has 21 heavy (non-hydrogen) atoms. The van der Waals surface area contributed by atoms with E-state index in [1.165, 1.54) is 5.56 Å². The standard InChI is InChI=1S/C17H20N2O2/c1-3-21-17(20)15-11-14(9-10-16(15)18)19(2)12-13-7-5-4-6-8-13/h4-11H,3,12,18H2,1-2H3. The Morgan fingerprint density at radius 2 is 1.90 bits per heavy atom. The van der Waals surface area contributed by atoms with Crippen LogP contribution in [0.2, 0.25) is 0 Å². The van der Waals surface area contributed by atoms with E-state index in [0.29, 0.717) is 17.9 Å². The largest absolute Gasteiger partial charge is 0.462 e. The molecule has 2 rings (SSSR count). The van der Waals surface area contributed by atoms with E-state index in [1.807, 2.05) is 31.3 Å². The van der Waals surface area contributed by atoms with E-state index < -0.39 is 0 Å². The second kappa shape index (κ2) is 6.79. The van der Waals surface area contributed by atoms with Gasteiger partial charge < -0.3 is 15.4 Å². The molecular formula is C17H20N2O2. The molecule has 0 spiro atoms. The molecule has 4 heteroatoms. The first-order valence-electron chi connectivity index (χ1n) is 6.93. The Morgan fingerprint density at radius 1 is 1.19 bits per heavy atom. The molecule has 0 bridgehead atoms. The van der Waals surface area contributed by atoms with Gasteiger partial charge in [0.2, 0.25) is 0 Å². The summed E-state index contributed by atoms with van der Waals surface area (Å²) in [6.07, 6.45) is 0. The topological polar surface area (TPSA) is 55.6 Å². The summed E-state index contributed by atoms with van der Waals surface area (Å²) in [7, 11) is 1.98. The molecule has 0 aliphatic carbocycles. The molecule has 0 aliphatic heterocycles. The molecule has 110 valence electrons. The Bertz CT molecular complexity index is 611. The minimum absolute atomic E-state index is 0.336. The predicted molar refractivity (Wildman–Crippen MR) is 85.4 cm³/mol. The molecule has 2 N–H and O–H groups in total. The van der Waals surface area contributed by atoms with E-state index in [9.17, 15) is 4.79 Å². The van der Waals surface area contributed by atoms with E-state index in [2.05, 4.69) is 17.0 Å². The van der Waals surface area contributed by atoms with Crippen molar-refractivity contribution >= 4 is 17.3 Å². The lowest BCUT2D eigenvalue weighted by molar-refractivity contribution is 0.0527. The number of rotatable bonds is 5.